The van der Waals surface area contributed by atoms with Crippen LogP contribution in [-0.4, -0.2) is 52.4 Å². The summed E-state index contributed by atoms with van der Waals surface area (Å²) in [6, 6.07) is 12.2. The minimum Gasteiger partial charge on any atom is -0.353 e. The average molecular weight is 340 g/mol. The third kappa shape index (κ3) is 3.11. The molecule has 0 spiro atoms. The fraction of sp³-hybridized carbons (Fsp3) is 0.389. The third-order valence-electron chi connectivity index (χ3n) is 4.61. The Labute approximate surface area is 146 Å². The molecule has 1 saturated heterocycles. The van der Waals surface area contributed by atoms with Gasteiger partial charge in [-0.2, -0.15) is 5.10 Å². The quantitative estimate of drug-likeness (QED) is 0.839. The summed E-state index contributed by atoms with van der Waals surface area (Å²) >= 11 is 1.71. The van der Waals surface area contributed by atoms with Gasteiger partial charge in [0.05, 0.1) is 5.25 Å². The Hall–Kier alpha value is -2.08. The minimum atomic E-state index is 0.0328. The van der Waals surface area contributed by atoms with Crippen molar-refractivity contribution in [3.8, 4) is 0 Å². The lowest BCUT2D eigenvalue weighted by Gasteiger charge is -2.24. The Balaban J connectivity index is 1.40. The van der Waals surface area contributed by atoms with Gasteiger partial charge in [0.25, 0.3) is 0 Å². The molecule has 1 aromatic carbocycles. The highest BCUT2D eigenvalue weighted by Gasteiger charge is 2.32. The normalized spacial score (nSPS) is 20.6. The topological polar surface area (TPSA) is 49.3 Å². The highest BCUT2D eigenvalue weighted by atomic mass is 32.2. The van der Waals surface area contributed by atoms with E-state index in [9.17, 15) is 4.79 Å². The number of amides is 1. The lowest BCUT2D eigenvalue weighted by atomic mass is 10.1. The number of hydrogen-bond acceptors (Lipinski definition) is 5. The zero-order chi connectivity index (χ0) is 16.4. The number of benzene rings is 1. The first-order valence-electron chi connectivity index (χ1n) is 8.37. The second-order valence-electron chi connectivity index (χ2n) is 6.17. The van der Waals surface area contributed by atoms with Crippen LogP contribution in [0.5, 0.6) is 0 Å². The molecule has 1 fully saturated rings. The number of nitrogens with zero attached hydrogens (tertiary/aromatic N) is 4. The van der Waals surface area contributed by atoms with Crippen molar-refractivity contribution in [3.05, 3.63) is 48.2 Å². The van der Waals surface area contributed by atoms with E-state index >= 15 is 0 Å². The Morgan fingerprint density at radius 2 is 2.00 bits per heavy atom. The number of carbonyl (C=O) groups is 1. The van der Waals surface area contributed by atoms with Crippen LogP contribution in [0.25, 0.3) is 0 Å². The van der Waals surface area contributed by atoms with Crippen LogP contribution in [0.4, 0.5) is 5.82 Å². The molecule has 1 amide bonds. The summed E-state index contributed by atoms with van der Waals surface area (Å²) in [5.41, 5.74) is 1.30. The van der Waals surface area contributed by atoms with Gasteiger partial charge in [-0.25, -0.2) is 0 Å². The SMILES string of the molecule is O=C([C@H]1Cc2ccccc2S1)N1CCCN(c2cccnn2)CC1. The van der Waals surface area contributed by atoms with Crippen LogP contribution < -0.4 is 4.90 Å². The molecule has 0 saturated carbocycles. The largest absolute Gasteiger partial charge is 0.353 e. The highest BCUT2D eigenvalue weighted by Crippen LogP contribution is 2.37. The monoisotopic (exact) mass is 340 g/mol. The van der Waals surface area contributed by atoms with Crippen molar-refractivity contribution in [1.29, 1.82) is 0 Å². The van der Waals surface area contributed by atoms with Gasteiger partial charge in [0.1, 0.15) is 0 Å². The van der Waals surface area contributed by atoms with Crippen LogP contribution in [0.2, 0.25) is 0 Å². The van der Waals surface area contributed by atoms with E-state index < -0.39 is 0 Å². The second kappa shape index (κ2) is 6.81. The van der Waals surface area contributed by atoms with Crippen molar-refractivity contribution in [2.24, 2.45) is 0 Å². The zero-order valence-corrected chi connectivity index (χ0v) is 14.3. The molecule has 1 atom stereocenters. The second-order valence-corrected chi connectivity index (χ2v) is 7.41. The fourth-order valence-electron chi connectivity index (χ4n) is 3.35. The molecule has 1 aromatic heterocycles. The van der Waals surface area contributed by atoms with Crippen molar-refractivity contribution in [1.82, 2.24) is 15.1 Å². The van der Waals surface area contributed by atoms with Crippen LogP contribution in [0.1, 0.15) is 12.0 Å². The maximum Gasteiger partial charge on any atom is 0.236 e. The van der Waals surface area contributed by atoms with Gasteiger partial charge in [0.2, 0.25) is 5.91 Å². The Morgan fingerprint density at radius 1 is 1.08 bits per heavy atom. The van der Waals surface area contributed by atoms with E-state index in [-0.39, 0.29) is 11.2 Å². The zero-order valence-electron chi connectivity index (χ0n) is 13.5. The van der Waals surface area contributed by atoms with Crippen molar-refractivity contribution >= 4 is 23.5 Å². The first-order valence-corrected chi connectivity index (χ1v) is 9.25. The lowest BCUT2D eigenvalue weighted by molar-refractivity contribution is -0.130. The molecule has 5 nitrogen and oxygen atoms in total. The summed E-state index contributed by atoms with van der Waals surface area (Å²) in [6.07, 6.45) is 3.50. The molecule has 4 rings (SSSR count). The van der Waals surface area contributed by atoms with E-state index in [4.69, 9.17) is 0 Å². The van der Waals surface area contributed by atoms with Crippen LogP contribution >= 0.6 is 11.8 Å². The standard InChI is InChI=1S/C18H20N4OS/c23-18(16-13-14-5-1-2-6-15(14)24-16)22-10-4-9-21(11-12-22)17-7-3-8-19-20-17/h1-3,5-8,16H,4,9-13H2/t16-/m1/s1. The molecule has 2 aliphatic heterocycles. The van der Waals surface area contributed by atoms with Gasteiger partial charge in [-0.3, -0.25) is 4.79 Å². The number of hydrogen-bond donors (Lipinski definition) is 0. The molecule has 0 radical (unpaired) electrons. The summed E-state index contributed by atoms with van der Waals surface area (Å²) in [5, 5.41) is 8.17. The maximum atomic E-state index is 12.9. The maximum absolute atomic E-state index is 12.9. The summed E-state index contributed by atoms with van der Waals surface area (Å²) in [4.78, 5) is 18.4. The van der Waals surface area contributed by atoms with Gasteiger partial charge < -0.3 is 9.80 Å². The van der Waals surface area contributed by atoms with Crippen molar-refractivity contribution < 1.29 is 4.79 Å². The number of anilines is 1. The van der Waals surface area contributed by atoms with Crippen LogP contribution in [0.3, 0.4) is 0 Å². The summed E-state index contributed by atoms with van der Waals surface area (Å²) in [5.74, 6) is 1.17. The van der Waals surface area contributed by atoms with E-state index in [0.717, 1.165) is 44.8 Å². The molecular weight excluding hydrogens is 320 g/mol. The van der Waals surface area contributed by atoms with Crippen LogP contribution in [-0.2, 0) is 11.2 Å². The third-order valence-corrected chi connectivity index (χ3v) is 5.92. The number of aromatic nitrogens is 2. The summed E-state index contributed by atoms with van der Waals surface area (Å²) in [7, 11) is 0. The number of thioether (sulfide) groups is 1. The Kier molecular flexibility index (Phi) is 4.38. The first kappa shape index (κ1) is 15.4. The Morgan fingerprint density at radius 3 is 2.83 bits per heavy atom. The minimum absolute atomic E-state index is 0.0328. The van der Waals surface area contributed by atoms with E-state index in [1.165, 1.54) is 10.5 Å². The molecule has 0 bridgehead atoms. The Bertz CT molecular complexity index is 699. The van der Waals surface area contributed by atoms with Crippen molar-refractivity contribution in [3.63, 3.8) is 0 Å². The first-order chi connectivity index (χ1) is 11.8. The molecule has 6 heteroatoms. The van der Waals surface area contributed by atoms with Gasteiger partial charge in [-0.1, -0.05) is 18.2 Å². The summed E-state index contributed by atoms with van der Waals surface area (Å²) in [6.45, 7) is 3.31. The van der Waals surface area contributed by atoms with E-state index in [0.29, 0.717) is 0 Å². The van der Waals surface area contributed by atoms with Gasteiger partial charge in [0, 0.05) is 37.3 Å². The van der Waals surface area contributed by atoms with Crippen molar-refractivity contribution in [2.75, 3.05) is 31.1 Å². The van der Waals surface area contributed by atoms with Gasteiger partial charge in [-0.15, -0.1) is 16.9 Å². The summed E-state index contributed by atoms with van der Waals surface area (Å²) < 4.78 is 0. The van der Waals surface area contributed by atoms with Gasteiger partial charge >= 0.3 is 0 Å². The molecule has 0 N–H and O–H groups in total. The molecule has 24 heavy (non-hydrogen) atoms. The van der Waals surface area contributed by atoms with E-state index in [1.807, 2.05) is 23.1 Å². The van der Waals surface area contributed by atoms with E-state index in [1.54, 1.807) is 18.0 Å². The smallest absolute Gasteiger partial charge is 0.236 e. The van der Waals surface area contributed by atoms with Crippen LogP contribution in [0, 0.1) is 0 Å². The van der Waals surface area contributed by atoms with Crippen molar-refractivity contribution in [2.45, 2.75) is 23.0 Å². The van der Waals surface area contributed by atoms with Gasteiger partial charge in [-0.05, 0) is 36.6 Å². The molecule has 0 aliphatic carbocycles. The average Bonchev–Trinajstić information content (AvgIpc) is 2.91. The number of carbonyl (C=O) groups excluding carboxylic acids is 1. The number of fused-ring (bicyclic) bond motifs is 1. The van der Waals surface area contributed by atoms with E-state index in [2.05, 4.69) is 33.3 Å². The molecule has 3 heterocycles. The fourth-order valence-corrected chi connectivity index (χ4v) is 4.63. The molecule has 2 aromatic rings. The number of rotatable bonds is 2. The lowest BCUT2D eigenvalue weighted by Crippen LogP contribution is -2.40. The van der Waals surface area contributed by atoms with Crippen LogP contribution in [0.15, 0.2) is 47.5 Å². The predicted octanol–water partition coefficient (Wildman–Crippen LogP) is 2.23. The molecular formula is C18H20N4OS. The molecule has 0 unspecified atom stereocenters. The predicted molar refractivity (Wildman–Crippen MR) is 95.2 cm³/mol. The highest BCUT2D eigenvalue weighted by molar-refractivity contribution is 8.01. The molecule has 2 aliphatic rings. The van der Waals surface area contributed by atoms with Gasteiger partial charge in [0.15, 0.2) is 5.82 Å². The molecule has 124 valence electrons.